The second kappa shape index (κ2) is 4.84. The maximum atomic E-state index is 12.0. The number of aromatic nitrogens is 5. The summed E-state index contributed by atoms with van der Waals surface area (Å²) in [5.74, 6) is 0.778. The molecule has 3 heterocycles. The fraction of sp³-hybridized carbons (Fsp3) is 0.188. The van der Waals surface area contributed by atoms with E-state index in [-0.39, 0.29) is 5.69 Å². The number of aryl methyl sites for hydroxylation is 1. The van der Waals surface area contributed by atoms with Crippen molar-refractivity contribution < 1.29 is 0 Å². The van der Waals surface area contributed by atoms with Crippen molar-refractivity contribution in [2.75, 3.05) is 0 Å². The van der Waals surface area contributed by atoms with Gasteiger partial charge < -0.3 is 9.97 Å². The maximum absolute atomic E-state index is 12.0. The molecule has 4 aromatic rings. The minimum Gasteiger partial charge on any atom is -0.338 e. The van der Waals surface area contributed by atoms with Crippen molar-refractivity contribution in [1.29, 1.82) is 0 Å². The molecule has 110 valence electrons. The van der Waals surface area contributed by atoms with E-state index in [1.807, 2.05) is 24.3 Å². The number of benzene rings is 1. The van der Waals surface area contributed by atoms with Gasteiger partial charge in [-0.2, -0.15) is 0 Å². The molecule has 6 nitrogen and oxygen atoms in total. The molecule has 4 rings (SSSR count). The van der Waals surface area contributed by atoms with E-state index < -0.39 is 0 Å². The third kappa shape index (κ3) is 1.92. The summed E-state index contributed by atoms with van der Waals surface area (Å²) in [5, 5.41) is 0. The van der Waals surface area contributed by atoms with Crippen LogP contribution in [0.2, 0.25) is 0 Å². The van der Waals surface area contributed by atoms with Crippen molar-refractivity contribution in [3.8, 4) is 11.4 Å². The second-order valence-electron chi connectivity index (χ2n) is 5.30. The van der Waals surface area contributed by atoms with E-state index in [1.165, 1.54) is 0 Å². The summed E-state index contributed by atoms with van der Waals surface area (Å²) < 4.78 is 1.76. The van der Waals surface area contributed by atoms with Gasteiger partial charge in [0, 0.05) is 24.5 Å². The minimum absolute atomic E-state index is 0.0722. The first-order valence-corrected chi connectivity index (χ1v) is 7.29. The van der Waals surface area contributed by atoms with Crippen molar-refractivity contribution >= 4 is 22.1 Å². The van der Waals surface area contributed by atoms with Crippen LogP contribution in [0.1, 0.15) is 13.3 Å². The largest absolute Gasteiger partial charge is 0.338 e. The molecule has 3 aromatic heterocycles. The van der Waals surface area contributed by atoms with Crippen molar-refractivity contribution in [1.82, 2.24) is 24.5 Å². The van der Waals surface area contributed by atoms with Gasteiger partial charge in [-0.25, -0.2) is 9.78 Å². The molecule has 1 aromatic carbocycles. The van der Waals surface area contributed by atoms with Gasteiger partial charge in [-0.3, -0.25) is 9.55 Å². The van der Waals surface area contributed by atoms with E-state index in [1.54, 1.807) is 17.0 Å². The van der Waals surface area contributed by atoms with Gasteiger partial charge in [-0.05, 0) is 30.7 Å². The molecule has 0 aliphatic rings. The Bertz CT molecular complexity index is 1010. The molecule has 0 spiro atoms. The molecular weight excluding hydrogens is 278 g/mol. The predicted octanol–water partition coefficient (Wildman–Crippen LogP) is 2.68. The standard InChI is InChI=1S/C16H15N5O/c1-2-6-21-14-8-12-11(7-13(14)20-16(21)22)18-15(19-12)10-4-3-5-17-9-10/h3-5,7-9H,2,6H2,1H3,(H,18,19)(H,20,22). The first-order chi connectivity index (χ1) is 10.8. The fourth-order valence-electron chi connectivity index (χ4n) is 2.75. The number of fused-ring (bicyclic) bond motifs is 2. The SMILES string of the molecule is CCCn1c(=O)[nH]c2cc3[nH]c(-c4cccnc4)nc3cc21. The van der Waals surface area contributed by atoms with Gasteiger partial charge in [0.2, 0.25) is 0 Å². The lowest BCUT2D eigenvalue weighted by molar-refractivity contribution is 0.675. The first-order valence-electron chi connectivity index (χ1n) is 7.29. The molecule has 0 saturated heterocycles. The zero-order chi connectivity index (χ0) is 15.1. The molecule has 6 heteroatoms. The summed E-state index contributed by atoms with van der Waals surface area (Å²) in [6.45, 7) is 2.75. The number of aromatic amines is 2. The second-order valence-corrected chi connectivity index (χ2v) is 5.30. The van der Waals surface area contributed by atoms with Crippen molar-refractivity contribution in [2.45, 2.75) is 19.9 Å². The molecule has 2 N–H and O–H groups in total. The number of rotatable bonds is 3. The van der Waals surface area contributed by atoms with E-state index >= 15 is 0 Å². The van der Waals surface area contributed by atoms with E-state index in [4.69, 9.17) is 0 Å². The van der Waals surface area contributed by atoms with E-state index in [9.17, 15) is 4.79 Å². The number of pyridine rings is 1. The molecule has 0 unspecified atom stereocenters. The van der Waals surface area contributed by atoms with Crippen LogP contribution in [0.3, 0.4) is 0 Å². The average Bonchev–Trinajstić information content (AvgIpc) is 3.07. The van der Waals surface area contributed by atoms with Gasteiger partial charge in [-0.1, -0.05) is 6.92 Å². The lowest BCUT2D eigenvalue weighted by atomic mass is 10.2. The minimum atomic E-state index is -0.0722. The number of nitrogens with zero attached hydrogens (tertiary/aromatic N) is 3. The Kier molecular flexibility index (Phi) is 2.82. The van der Waals surface area contributed by atoms with Gasteiger partial charge in [0.1, 0.15) is 5.82 Å². The van der Waals surface area contributed by atoms with Crippen LogP contribution < -0.4 is 5.69 Å². The Balaban J connectivity index is 1.94. The normalized spacial score (nSPS) is 11.5. The highest BCUT2D eigenvalue weighted by Gasteiger charge is 2.11. The number of hydrogen-bond acceptors (Lipinski definition) is 3. The third-order valence-corrected chi connectivity index (χ3v) is 3.76. The fourth-order valence-corrected chi connectivity index (χ4v) is 2.75. The quantitative estimate of drug-likeness (QED) is 0.609. The zero-order valence-electron chi connectivity index (χ0n) is 12.1. The molecule has 0 saturated carbocycles. The number of hydrogen-bond donors (Lipinski definition) is 2. The summed E-state index contributed by atoms with van der Waals surface area (Å²) >= 11 is 0. The van der Waals surface area contributed by atoms with Gasteiger partial charge >= 0.3 is 5.69 Å². The van der Waals surface area contributed by atoms with Crippen LogP contribution in [0.4, 0.5) is 0 Å². The molecule has 0 bridgehead atoms. The van der Waals surface area contributed by atoms with Crippen molar-refractivity contribution in [3.05, 3.63) is 47.1 Å². The first kappa shape index (κ1) is 12.8. The molecule has 0 aliphatic heterocycles. The van der Waals surface area contributed by atoms with Crippen molar-refractivity contribution in [2.24, 2.45) is 0 Å². The highest BCUT2D eigenvalue weighted by atomic mass is 16.1. The van der Waals surface area contributed by atoms with E-state index in [0.717, 1.165) is 39.9 Å². The number of imidazole rings is 2. The molecule has 0 amide bonds. The molecule has 0 aliphatic carbocycles. The van der Waals surface area contributed by atoms with Crippen molar-refractivity contribution in [3.63, 3.8) is 0 Å². The van der Waals surface area contributed by atoms with Crippen LogP contribution in [-0.4, -0.2) is 24.5 Å². The van der Waals surface area contributed by atoms with Crippen LogP contribution in [0, 0.1) is 0 Å². The van der Waals surface area contributed by atoms with Crippen LogP contribution in [0.15, 0.2) is 41.5 Å². The summed E-state index contributed by atoms with van der Waals surface area (Å²) in [6, 6.07) is 7.73. The van der Waals surface area contributed by atoms with Crippen LogP contribution >= 0.6 is 0 Å². The Morgan fingerprint density at radius 1 is 1.23 bits per heavy atom. The molecular formula is C16H15N5O. The lowest BCUT2D eigenvalue weighted by Crippen LogP contribution is -2.16. The third-order valence-electron chi connectivity index (χ3n) is 3.76. The van der Waals surface area contributed by atoms with E-state index in [2.05, 4.69) is 26.9 Å². The van der Waals surface area contributed by atoms with Gasteiger partial charge in [0.25, 0.3) is 0 Å². The van der Waals surface area contributed by atoms with Crippen LogP contribution in [0.25, 0.3) is 33.5 Å². The Hall–Kier alpha value is -2.89. The molecule has 0 radical (unpaired) electrons. The Morgan fingerprint density at radius 3 is 2.91 bits per heavy atom. The van der Waals surface area contributed by atoms with Crippen LogP contribution in [0.5, 0.6) is 0 Å². The van der Waals surface area contributed by atoms with Gasteiger partial charge in [0.15, 0.2) is 0 Å². The number of nitrogens with one attached hydrogen (secondary N) is 2. The Morgan fingerprint density at radius 2 is 2.14 bits per heavy atom. The topological polar surface area (TPSA) is 79.4 Å². The monoisotopic (exact) mass is 293 g/mol. The highest BCUT2D eigenvalue weighted by Crippen LogP contribution is 2.23. The van der Waals surface area contributed by atoms with E-state index in [0.29, 0.717) is 6.54 Å². The zero-order valence-corrected chi connectivity index (χ0v) is 12.1. The average molecular weight is 293 g/mol. The smallest absolute Gasteiger partial charge is 0.326 e. The number of H-pyrrole nitrogens is 2. The summed E-state index contributed by atoms with van der Waals surface area (Å²) in [5.41, 5.74) is 4.33. The van der Waals surface area contributed by atoms with Gasteiger partial charge in [-0.15, -0.1) is 0 Å². The molecule has 22 heavy (non-hydrogen) atoms. The lowest BCUT2D eigenvalue weighted by Gasteiger charge is -1.99. The molecule has 0 fully saturated rings. The predicted molar refractivity (Wildman–Crippen MR) is 85.7 cm³/mol. The summed E-state index contributed by atoms with van der Waals surface area (Å²) in [4.78, 5) is 26.9. The Labute approximate surface area is 125 Å². The highest BCUT2D eigenvalue weighted by molar-refractivity contribution is 5.92. The summed E-state index contributed by atoms with van der Waals surface area (Å²) in [6.07, 6.45) is 4.42. The van der Waals surface area contributed by atoms with Gasteiger partial charge in [0.05, 0.1) is 22.1 Å². The molecule has 0 atom stereocenters. The summed E-state index contributed by atoms with van der Waals surface area (Å²) in [7, 11) is 0. The van der Waals surface area contributed by atoms with Crippen LogP contribution in [-0.2, 0) is 6.54 Å². The maximum Gasteiger partial charge on any atom is 0.326 e.